The summed E-state index contributed by atoms with van der Waals surface area (Å²) < 4.78 is 7.38. The van der Waals surface area contributed by atoms with E-state index < -0.39 is 0 Å². The van der Waals surface area contributed by atoms with Gasteiger partial charge in [-0.05, 0) is 50.8 Å². The third-order valence-electron chi connectivity index (χ3n) is 4.73. The van der Waals surface area contributed by atoms with Crippen molar-refractivity contribution in [2.75, 3.05) is 13.7 Å². The lowest BCUT2D eigenvalue weighted by atomic mass is 10.1. The Hall–Kier alpha value is -2.34. The lowest BCUT2D eigenvalue weighted by Gasteiger charge is -2.18. The number of hydrogen-bond acceptors (Lipinski definition) is 3. The molecular formula is C21H33N5O. The molecule has 1 unspecified atom stereocenters. The molecule has 148 valence electrons. The number of aromatic nitrogens is 2. The maximum Gasteiger partial charge on any atom is 0.191 e. The summed E-state index contributed by atoms with van der Waals surface area (Å²) in [6, 6.07) is 8.73. The quantitative estimate of drug-likeness (QED) is 0.553. The van der Waals surface area contributed by atoms with Gasteiger partial charge in [0, 0.05) is 39.0 Å². The van der Waals surface area contributed by atoms with Crippen LogP contribution in [-0.4, -0.2) is 35.4 Å². The maximum atomic E-state index is 5.44. The molecule has 0 saturated heterocycles. The smallest absolute Gasteiger partial charge is 0.191 e. The molecule has 1 aromatic heterocycles. The van der Waals surface area contributed by atoms with Crippen LogP contribution in [0.4, 0.5) is 0 Å². The van der Waals surface area contributed by atoms with Crippen molar-refractivity contribution >= 4 is 5.96 Å². The van der Waals surface area contributed by atoms with Crippen LogP contribution in [0.25, 0.3) is 0 Å². The number of nitrogens with zero attached hydrogens (tertiary/aromatic N) is 3. The highest BCUT2D eigenvalue weighted by Crippen LogP contribution is 2.14. The van der Waals surface area contributed by atoms with Crippen LogP contribution < -0.4 is 10.6 Å². The van der Waals surface area contributed by atoms with Gasteiger partial charge in [-0.2, -0.15) is 5.10 Å². The van der Waals surface area contributed by atoms with Gasteiger partial charge in [0.15, 0.2) is 5.96 Å². The van der Waals surface area contributed by atoms with Crippen molar-refractivity contribution in [3.8, 4) is 0 Å². The average Bonchev–Trinajstić information content (AvgIpc) is 2.90. The van der Waals surface area contributed by atoms with E-state index in [4.69, 9.17) is 4.74 Å². The van der Waals surface area contributed by atoms with Gasteiger partial charge in [-0.3, -0.25) is 9.67 Å². The molecule has 6 heteroatoms. The van der Waals surface area contributed by atoms with E-state index in [2.05, 4.69) is 65.8 Å². The highest BCUT2D eigenvalue weighted by molar-refractivity contribution is 5.79. The fourth-order valence-corrected chi connectivity index (χ4v) is 3.06. The number of aliphatic imine (C=N–C) groups is 1. The molecule has 0 saturated carbocycles. The number of aryl methyl sites for hydroxylation is 2. The molecule has 1 atom stereocenters. The second-order valence-corrected chi connectivity index (χ2v) is 6.90. The fraction of sp³-hybridized carbons (Fsp3) is 0.524. The zero-order chi connectivity index (χ0) is 19.8. The molecule has 0 aliphatic rings. The molecule has 0 aliphatic heterocycles. The van der Waals surface area contributed by atoms with Crippen LogP contribution in [0.1, 0.15) is 41.9 Å². The van der Waals surface area contributed by atoms with Crippen molar-refractivity contribution in [1.82, 2.24) is 20.4 Å². The van der Waals surface area contributed by atoms with Gasteiger partial charge in [0.05, 0.1) is 12.3 Å². The minimum Gasteiger partial charge on any atom is -0.377 e. The Balaban J connectivity index is 1.86. The molecule has 6 nitrogen and oxygen atoms in total. The van der Waals surface area contributed by atoms with Crippen molar-refractivity contribution in [2.24, 2.45) is 12.0 Å². The highest BCUT2D eigenvalue weighted by atomic mass is 16.5. The van der Waals surface area contributed by atoms with Crippen LogP contribution in [0, 0.1) is 13.8 Å². The Bertz CT molecular complexity index is 749. The molecule has 0 radical (unpaired) electrons. The van der Waals surface area contributed by atoms with Gasteiger partial charge in [-0.25, -0.2) is 0 Å². The van der Waals surface area contributed by atoms with Gasteiger partial charge in [0.25, 0.3) is 0 Å². The molecule has 0 amide bonds. The van der Waals surface area contributed by atoms with Crippen molar-refractivity contribution in [1.29, 1.82) is 0 Å². The van der Waals surface area contributed by atoms with E-state index in [1.807, 2.05) is 18.7 Å². The molecule has 0 spiro atoms. The summed E-state index contributed by atoms with van der Waals surface area (Å²) >= 11 is 0. The molecule has 27 heavy (non-hydrogen) atoms. The Morgan fingerprint density at radius 2 is 1.89 bits per heavy atom. The van der Waals surface area contributed by atoms with Crippen molar-refractivity contribution < 1.29 is 4.74 Å². The number of nitrogens with one attached hydrogen (secondary N) is 2. The fourth-order valence-electron chi connectivity index (χ4n) is 3.06. The van der Waals surface area contributed by atoms with E-state index in [1.165, 1.54) is 22.4 Å². The van der Waals surface area contributed by atoms with Crippen LogP contribution in [0.5, 0.6) is 0 Å². The lowest BCUT2D eigenvalue weighted by Crippen LogP contribution is -2.42. The summed E-state index contributed by atoms with van der Waals surface area (Å²) in [6.07, 6.45) is 0.915. The topological polar surface area (TPSA) is 63.5 Å². The standard InChI is InChI=1S/C21H33N5O/c1-7-27-14-19-10-8-18(9-11-19)13-23-21(22-5)24-15(2)12-20-16(3)25-26(6)17(20)4/h8-11,15H,7,12-14H2,1-6H3,(H2,22,23,24). The molecule has 2 rings (SSSR count). The third kappa shape index (κ3) is 6.10. The second kappa shape index (κ2) is 10.1. The van der Waals surface area contributed by atoms with Gasteiger partial charge < -0.3 is 15.4 Å². The summed E-state index contributed by atoms with van der Waals surface area (Å²) in [7, 11) is 3.79. The zero-order valence-electron chi connectivity index (χ0n) is 17.5. The van der Waals surface area contributed by atoms with Crippen molar-refractivity contribution in [3.05, 3.63) is 52.3 Å². The monoisotopic (exact) mass is 371 g/mol. The first-order valence-corrected chi connectivity index (χ1v) is 9.56. The van der Waals surface area contributed by atoms with Gasteiger partial charge >= 0.3 is 0 Å². The zero-order valence-corrected chi connectivity index (χ0v) is 17.5. The first-order chi connectivity index (χ1) is 12.9. The predicted molar refractivity (Wildman–Crippen MR) is 111 cm³/mol. The number of hydrogen-bond donors (Lipinski definition) is 2. The summed E-state index contributed by atoms with van der Waals surface area (Å²) in [5, 5.41) is 11.4. The minimum absolute atomic E-state index is 0.256. The van der Waals surface area contributed by atoms with Crippen LogP contribution in [0.2, 0.25) is 0 Å². The van der Waals surface area contributed by atoms with E-state index >= 15 is 0 Å². The molecule has 0 bridgehead atoms. The second-order valence-electron chi connectivity index (χ2n) is 6.90. The molecule has 0 aliphatic carbocycles. The number of guanidine groups is 1. The first-order valence-electron chi connectivity index (χ1n) is 9.56. The molecule has 2 N–H and O–H groups in total. The third-order valence-corrected chi connectivity index (χ3v) is 4.73. The Kier molecular flexibility index (Phi) is 7.85. The average molecular weight is 372 g/mol. The number of rotatable bonds is 8. The van der Waals surface area contributed by atoms with Crippen molar-refractivity contribution in [3.63, 3.8) is 0 Å². The minimum atomic E-state index is 0.256. The first kappa shape index (κ1) is 21.0. The van der Waals surface area contributed by atoms with E-state index in [0.717, 1.165) is 31.2 Å². The largest absolute Gasteiger partial charge is 0.377 e. The van der Waals surface area contributed by atoms with E-state index in [-0.39, 0.29) is 6.04 Å². The Morgan fingerprint density at radius 3 is 2.44 bits per heavy atom. The summed E-state index contributed by atoms with van der Waals surface area (Å²) in [5.41, 5.74) is 6.02. The highest BCUT2D eigenvalue weighted by Gasteiger charge is 2.14. The summed E-state index contributed by atoms with van der Waals surface area (Å²) in [6.45, 7) is 10.5. The predicted octanol–water partition coefficient (Wildman–Crippen LogP) is 2.87. The molecule has 1 aromatic carbocycles. The van der Waals surface area contributed by atoms with E-state index in [9.17, 15) is 0 Å². The van der Waals surface area contributed by atoms with Gasteiger partial charge in [-0.1, -0.05) is 24.3 Å². The molecule has 0 fully saturated rings. The lowest BCUT2D eigenvalue weighted by molar-refractivity contribution is 0.134. The number of ether oxygens (including phenoxy) is 1. The Morgan fingerprint density at radius 1 is 1.22 bits per heavy atom. The van der Waals surface area contributed by atoms with E-state index in [0.29, 0.717) is 6.61 Å². The van der Waals surface area contributed by atoms with E-state index in [1.54, 1.807) is 7.05 Å². The van der Waals surface area contributed by atoms with Crippen LogP contribution in [0.3, 0.4) is 0 Å². The summed E-state index contributed by atoms with van der Waals surface area (Å²) in [5.74, 6) is 0.806. The Labute approximate surface area is 163 Å². The van der Waals surface area contributed by atoms with Crippen LogP contribution in [0.15, 0.2) is 29.3 Å². The van der Waals surface area contributed by atoms with Crippen molar-refractivity contribution in [2.45, 2.75) is 53.3 Å². The SMILES string of the molecule is CCOCc1ccc(CNC(=NC)NC(C)Cc2c(C)nn(C)c2C)cc1. The summed E-state index contributed by atoms with van der Waals surface area (Å²) in [4.78, 5) is 4.35. The van der Waals surface area contributed by atoms with Gasteiger partial charge in [0.1, 0.15) is 0 Å². The van der Waals surface area contributed by atoms with Crippen LogP contribution >= 0.6 is 0 Å². The molecule has 1 heterocycles. The normalized spacial score (nSPS) is 12.9. The van der Waals surface area contributed by atoms with Gasteiger partial charge in [-0.15, -0.1) is 0 Å². The number of benzene rings is 1. The van der Waals surface area contributed by atoms with Crippen LogP contribution in [-0.2, 0) is 31.4 Å². The van der Waals surface area contributed by atoms with Gasteiger partial charge in [0.2, 0.25) is 0 Å². The molecular weight excluding hydrogens is 338 g/mol. The molecule has 2 aromatic rings. The maximum absolute atomic E-state index is 5.44.